The van der Waals surface area contributed by atoms with Crippen molar-refractivity contribution in [2.75, 3.05) is 7.11 Å². The number of halogens is 1. The van der Waals surface area contributed by atoms with Crippen molar-refractivity contribution in [1.29, 1.82) is 0 Å². The average Bonchev–Trinajstić information content (AvgIpc) is 2.87. The zero-order valence-electron chi connectivity index (χ0n) is 9.05. The lowest BCUT2D eigenvalue weighted by Crippen LogP contribution is -2.01. The molecule has 0 spiro atoms. The van der Waals surface area contributed by atoms with Gasteiger partial charge in [0.05, 0.1) is 22.0 Å². The third-order valence-electron chi connectivity index (χ3n) is 2.20. The minimum absolute atomic E-state index is 0.0662. The smallest absolute Gasteiger partial charge is 0.122 e. The number of nitrogens with zero attached hydrogens (tertiary/aromatic N) is 3. The first-order chi connectivity index (χ1) is 7.69. The van der Waals surface area contributed by atoms with Gasteiger partial charge in [0.25, 0.3) is 0 Å². The molecule has 1 unspecified atom stereocenters. The molecule has 86 valence electrons. The van der Waals surface area contributed by atoms with Gasteiger partial charge in [0.1, 0.15) is 11.1 Å². The number of thiazole rings is 1. The quantitative estimate of drug-likeness (QED) is 0.797. The maximum Gasteiger partial charge on any atom is 0.122 e. The van der Waals surface area contributed by atoms with E-state index < -0.39 is 0 Å². The second-order valence-electron chi connectivity index (χ2n) is 3.41. The molecule has 0 saturated heterocycles. The Hall–Kier alpha value is -0.470. The molecule has 0 aliphatic rings. The number of hydrogen-bond donors (Lipinski definition) is 0. The molecule has 0 aromatic carbocycles. The largest absolute Gasteiger partial charge is 0.375 e. The Morgan fingerprint density at radius 2 is 2.44 bits per heavy atom. The molecule has 1 atom stereocenters. The summed E-state index contributed by atoms with van der Waals surface area (Å²) in [5.74, 6) is 0. The third-order valence-corrected chi connectivity index (χ3v) is 3.81. The molecule has 0 aliphatic carbocycles. The molecule has 2 aromatic rings. The first-order valence-corrected chi connectivity index (χ1v) is 6.80. The molecule has 0 bridgehead atoms. The zero-order valence-corrected chi connectivity index (χ0v) is 12.0. The van der Waals surface area contributed by atoms with Crippen LogP contribution in [-0.4, -0.2) is 21.9 Å². The molecule has 4 nitrogen and oxygen atoms in total. The van der Waals surface area contributed by atoms with E-state index in [9.17, 15) is 0 Å². The highest BCUT2D eigenvalue weighted by molar-refractivity contribution is 14.1. The van der Waals surface area contributed by atoms with E-state index in [1.54, 1.807) is 18.4 Å². The number of methoxy groups -OCH3 is 1. The highest BCUT2D eigenvalue weighted by atomic mass is 127. The van der Waals surface area contributed by atoms with Crippen LogP contribution < -0.4 is 0 Å². The molecule has 0 amide bonds. The van der Waals surface area contributed by atoms with Crippen molar-refractivity contribution < 1.29 is 4.74 Å². The van der Waals surface area contributed by atoms with Gasteiger partial charge in [0, 0.05) is 18.7 Å². The second kappa shape index (κ2) is 5.24. The van der Waals surface area contributed by atoms with Gasteiger partial charge in [0.15, 0.2) is 0 Å². The van der Waals surface area contributed by atoms with E-state index in [0.717, 1.165) is 20.8 Å². The molecule has 0 aliphatic heterocycles. The van der Waals surface area contributed by atoms with Gasteiger partial charge in [0.2, 0.25) is 0 Å². The fourth-order valence-electron chi connectivity index (χ4n) is 1.27. The Morgan fingerprint density at radius 3 is 3.06 bits per heavy atom. The van der Waals surface area contributed by atoms with Crippen LogP contribution in [0, 0.1) is 3.57 Å². The zero-order chi connectivity index (χ0) is 11.5. The van der Waals surface area contributed by atoms with Crippen molar-refractivity contribution in [2.45, 2.75) is 19.6 Å². The Morgan fingerprint density at radius 1 is 1.62 bits per heavy atom. The molecular formula is C10H12IN3OS. The summed E-state index contributed by atoms with van der Waals surface area (Å²) in [6.07, 6.45) is 3.90. The second-order valence-corrected chi connectivity index (χ2v) is 5.55. The van der Waals surface area contributed by atoms with E-state index in [4.69, 9.17) is 4.74 Å². The van der Waals surface area contributed by atoms with Gasteiger partial charge >= 0.3 is 0 Å². The van der Waals surface area contributed by atoms with Crippen molar-refractivity contribution in [3.8, 4) is 0 Å². The molecule has 0 radical (unpaired) electrons. The number of ether oxygens (including phenoxy) is 1. The Balaban J connectivity index is 2.08. The summed E-state index contributed by atoms with van der Waals surface area (Å²) in [6.45, 7) is 2.72. The summed E-state index contributed by atoms with van der Waals surface area (Å²) in [5.41, 5.74) is 1.03. The molecule has 2 rings (SSSR count). The average molecular weight is 349 g/mol. The first-order valence-electron chi connectivity index (χ1n) is 4.84. The standard InChI is InChI=1S/C10H12IN3OS/c1-7(15-2)10-13-9(6-16-10)5-14-4-8(11)3-12-14/h3-4,6-7H,5H2,1-2H3. The number of hydrogen-bond acceptors (Lipinski definition) is 4. The van der Waals surface area contributed by atoms with E-state index in [-0.39, 0.29) is 6.10 Å². The van der Waals surface area contributed by atoms with Crippen LogP contribution in [0.1, 0.15) is 23.7 Å². The van der Waals surface area contributed by atoms with Gasteiger partial charge in [-0.05, 0) is 29.5 Å². The molecular weight excluding hydrogens is 337 g/mol. The topological polar surface area (TPSA) is 39.9 Å². The fourth-order valence-corrected chi connectivity index (χ4v) is 2.56. The normalized spacial score (nSPS) is 12.9. The van der Waals surface area contributed by atoms with Crippen LogP contribution >= 0.6 is 33.9 Å². The maximum atomic E-state index is 5.23. The molecule has 0 saturated carbocycles. The molecule has 6 heteroatoms. The Bertz CT molecular complexity index is 468. The van der Waals surface area contributed by atoms with E-state index in [1.165, 1.54) is 0 Å². The predicted molar refractivity (Wildman–Crippen MR) is 71.6 cm³/mol. The lowest BCUT2D eigenvalue weighted by molar-refractivity contribution is 0.119. The summed E-state index contributed by atoms with van der Waals surface area (Å²) in [7, 11) is 1.70. The molecule has 0 fully saturated rings. The van der Waals surface area contributed by atoms with E-state index in [1.807, 2.05) is 24.0 Å². The molecule has 2 aromatic heterocycles. The van der Waals surface area contributed by atoms with Gasteiger partial charge in [-0.3, -0.25) is 4.68 Å². The van der Waals surface area contributed by atoms with Crippen LogP contribution in [0.25, 0.3) is 0 Å². The van der Waals surface area contributed by atoms with Crippen LogP contribution in [0.4, 0.5) is 0 Å². The maximum absolute atomic E-state index is 5.23. The van der Waals surface area contributed by atoms with E-state index in [0.29, 0.717) is 0 Å². The fraction of sp³-hybridized carbons (Fsp3) is 0.400. The minimum Gasteiger partial charge on any atom is -0.375 e. The summed E-state index contributed by atoms with van der Waals surface area (Å²) in [6, 6.07) is 0. The summed E-state index contributed by atoms with van der Waals surface area (Å²) >= 11 is 3.87. The van der Waals surface area contributed by atoms with Gasteiger partial charge < -0.3 is 4.74 Å². The molecule has 16 heavy (non-hydrogen) atoms. The highest BCUT2D eigenvalue weighted by Gasteiger charge is 2.09. The molecule has 0 N–H and O–H groups in total. The highest BCUT2D eigenvalue weighted by Crippen LogP contribution is 2.20. The van der Waals surface area contributed by atoms with Crippen molar-refractivity contribution >= 4 is 33.9 Å². The third kappa shape index (κ3) is 2.80. The van der Waals surface area contributed by atoms with Crippen LogP contribution in [0.3, 0.4) is 0 Å². The lowest BCUT2D eigenvalue weighted by atomic mass is 10.4. The van der Waals surface area contributed by atoms with Crippen molar-refractivity contribution in [2.24, 2.45) is 0 Å². The summed E-state index contributed by atoms with van der Waals surface area (Å²) < 4.78 is 8.25. The van der Waals surface area contributed by atoms with Crippen molar-refractivity contribution in [3.63, 3.8) is 0 Å². The Kier molecular flexibility index (Phi) is 3.93. The first kappa shape index (κ1) is 12.0. The van der Waals surface area contributed by atoms with Crippen LogP contribution in [-0.2, 0) is 11.3 Å². The van der Waals surface area contributed by atoms with Gasteiger partial charge in [-0.2, -0.15) is 5.10 Å². The predicted octanol–water partition coefficient (Wildman–Crippen LogP) is 2.70. The summed E-state index contributed by atoms with van der Waals surface area (Å²) in [4.78, 5) is 4.52. The van der Waals surface area contributed by atoms with Crippen LogP contribution in [0.5, 0.6) is 0 Å². The molecule has 2 heterocycles. The number of aromatic nitrogens is 3. The van der Waals surface area contributed by atoms with E-state index in [2.05, 4.69) is 38.1 Å². The number of rotatable bonds is 4. The lowest BCUT2D eigenvalue weighted by Gasteiger charge is -2.03. The Labute approximate surface area is 112 Å². The van der Waals surface area contributed by atoms with Crippen molar-refractivity contribution in [1.82, 2.24) is 14.8 Å². The van der Waals surface area contributed by atoms with Gasteiger partial charge in [-0.25, -0.2) is 4.98 Å². The van der Waals surface area contributed by atoms with Crippen LogP contribution in [0.15, 0.2) is 17.8 Å². The van der Waals surface area contributed by atoms with Crippen molar-refractivity contribution in [3.05, 3.63) is 32.0 Å². The SMILES string of the molecule is COC(C)c1nc(Cn2cc(I)cn2)cs1. The van der Waals surface area contributed by atoms with Crippen LogP contribution in [0.2, 0.25) is 0 Å². The van der Waals surface area contributed by atoms with Gasteiger partial charge in [-0.15, -0.1) is 11.3 Å². The summed E-state index contributed by atoms with van der Waals surface area (Å²) in [5, 5.41) is 7.30. The van der Waals surface area contributed by atoms with E-state index >= 15 is 0 Å². The monoisotopic (exact) mass is 349 g/mol. The van der Waals surface area contributed by atoms with Gasteiger partial charge in [-0.1, -0.05) is 0 Å². The minimum atomic E-state index is 0.0662.